The highest BCUT2D eigenvalue weighted by molar-refractivity contribution is 7.90. The van der Waals surface area contributed by atoms with Crippen LogP contribution < -0.4 is 14.5 Å². The molecule has 1 atom stereocenters. The van der Waals surface area contributed by atoms with E-state index >= 15 is 0 Å². The quantitative estimate of drug-likeness (QED) is 0.444. The van der Waals surface area contributed by atoms with E-state index in [4.69, 9.17) is 9.47 Å². The number of benzene rings is 1. The van der Waals surface area contributed by atoms with E-state index in [0.29, 0.717) is 62.6 Å². The Labute approximate surface area is 213 Å². The average Bonchev–Trinajstić information content (AvgIpc) is 3.28. The third-order valence-corrected chi connectivity index (χ3v) is 7.60. The number of morpholine rings is 1. The van der Waals surface area contributed by atoms with Crippen LogP contribution in [0, 0.1) is 5.92 Å². The highest BCUT2D eigenvalue weighted by Crippen LogP contribution is 2.33. The summed E-state index contributed by atoms with van der Waals surface area (Å²) in [5.74, 6) is 0.527. The number of fused-ring (bicyclic) bond motifs is 1. The van der Waals surface area contributed by atoms with Crippen molar-refractivity contribution in [2.24, 2.45) is 5.92 Å². The molecule has 3 aromatic rings. The van der Waals surface area contributed by atoms with E-state index in [2.05, 4.69) is 19.9 Å². The Kier molecular flexibility index (Phi) is 7.12. The molecule has 200 valence electrons. The zero-order chi connectivity index (χ0) is 26.2. The predicted octanol–water partition coefficient (Wildman–Crippen LogP) is 2.25. The van der Waals surface area contributed by atoms with E-state index in [-0.39, 0.29) is 23.1 Å². The van der Waals surface area contributed by atoms with Gasteiger partial charge in [0.2, 0.25) is 17.8 Å². The molecule has 5 rings (SSSR count). The lowest BCUT2D eigenvalue weighted by Gasteiger charge is -2.33. The van der Waals surface area contributed by atoms with Gasteiger partial charge in [-0.2, -0.15) is 15.0 Å². The van der Waals surface area contributed by atoms with E-state index < -0.39 is 22.1 Å². The monoisotopic (exact) mass is 537 g/mol. The van der Waals surface area contributed by atoms with Crippen molar-refractivity contribution in [2.75, 3.05) is 68.3 Å². The average molecular weight is 538 g/mol. The molecule has 1 aromatic carbocycles. The molecule has 0 N–H and O–H groups in total. The zero-order valence-electron chi connectivity index (χ0n) is 20.7. The summed E-state index contributed by atoms with van der Waals surface area (Å²) < 4.78 is 64.3. The van der Waals surface area contributed by atoms with Gasteiger partial charge >= 0.3 is 0 Å². The number of para-hydroxylation sites is 1. The van der Waals surface area contributed by atoms with Gasteiger partial charge in [0.25, 0.3) is 6.43 Å². The Balaban J connectivity index is 1.64. The number of alkyl halides is 2. The standard InChI is InChI=1S/C23H29F2N7O4S/c1-35-17-7-3-6-16-18(17)26-20(19(24)25)32(16)23-28-21(30-9-11-36-12-10-30)27-22(29-23)31-8-4-5-15(13-31)14-37(2,33)34/h3,6-7,15,19H,4-5,8-14H2,1-2H3/t15-/m1/s1. The molecule has 0 spiro atoms. The van der Waals surface area contributed by atoms with Crippen molar-refractivity contribution in [3.05, 3.63) is 24.0 Å². The first-order valence-electron chi connectivity index (χ1n) is 12.1. The lowest BCUT2D eigenvalue weighted by atomic mass is 10.0. The summed E-state index contributed by atoms with van der Waals surface area (Å²) in [6.45, 7) is 3.12. The van der Waals surface area contributed by atoms with E-state index in [0.717, 1.165) is 12.8 Å². The van der Waals surface area contributed by atoms with Crippen molar-refractivity contribution in [3.8, 4) is 11.7 Å². The lowest BCUT2D eigenvalue weighted by molar-refractivity contribution is 0.122. The second-order valence-corrected chi connectivity index (χ2v) is 11.5. The topological polar surface area (TPSA) is 116 Å². The zero-order valence-corrected chi connectivity index (χ0v) is 21.5. The van der Waals surface area contributed by atoms with Crippen LogP contribution >= 0.6 is 0 Å². The number of nitrogens with zero attached hydrogens (tertiary/aromatic N) is 7. The smallest absolute Gasteiger partial charge is 0.296 e. The van der Waals surface area contributed by atoms with Gasteiger partial charge in [0.1, 0.15) is 21.1 Å². The number of ether oxygens (including phenoxy) is 2. The molecule has 0 bridgehead atoms. The van der Waals surface area contributed by atoms with Gasteiger partial charge < -0.3 is 19.3 Å². The van der Waals surface area contributed by atoms with Gasteiger partial charge in [-0.25, -0.2) is 22.2 Å². The van der Waals surface area contributed by atoms with Gasteiger partial charge in [-0.05, 0) is 30.9 Å². The minimum atomic E-state index is -3.15. The van der Waals surface area contributed by atoms with E-state index in [1.54, 1.807) is 18.2 Å². The van der Waals surface area contributed by atoms with Gasteiger partial charge in [-0.3, -0.25) is 4.57 Å². The Bertz CT molecular complexity index is 1380. The Morgan fingerprint density at radius 3 is 2.43 bits per heavy atom. The number of halogens is 2. The number of rotatable bonds is 7. The lowest BCUT2D eigenvalue weighted by Crippen LogP contribution is -2.41. The maximum Gasteiger partial charge on any atom is 0.296 e. The molecular weight excluding hydrogens is 508 g/mol. The first-order chi connectivity index (χ1) is 17.7. The van der Waals surface area contributed by atoms with Crippen LogP contribution in [0.3, 0.4) is 0 Å². The summed E-state index contributed by atoms with van der Waals surface area (Å²) in [6.07, 6.45) is -0.118. The van der Waals surface area contributed by atoms with Crippen LogP contribution in [0.4, 0.5) is 20.7 Å². The number of hydrogen-bond donors (Lipinski definition) is 0. The summed E-state index contributed by atoms with van der Waals surface area (Å²) in [4.78, 5) is 21.9. The second-order valence-electron chi connectivity index (χ2n) is 9.32. The van der Waals surface area contributed by atoms with Crippen molar-refractivity contribution in [1.82, 2.24) is 24.5 Å². The van der Waals surface area contributed by atoms with Crippen molar-refractivity contribution < 1.29 is 26.7 Å². The van der Waals surface area contributed by atoms with Gasteiger partial charge in [-0.15, -0.1) is 0 Å². The summed E-state index contributed by atoms with van der Waals surface area (Å²) >= 11 is 0. The third kappa shape index (κ3) is 5.44. The Morgan fingerprint density at radius 2 is 1.76 bits per heavy atom. The molecule has 0 saturated carbocycles. The van der Waals surface area contributed by atoms with Crippen LogP contribution in [0.2, 0.25) is 0 Å². The molecule has 2 aliphatic heterocycles. The minimum Gasteiger partial charge on any atom is -0.494 e. The van der Waals surface area contributed by atoms with Gasteiger partial charge in [0, 0.05) is 32.4 Å². The van der Waals surface area contributed by atoms with Gasteiger partial charge in [0.05, 0.1) is 31.6 Å². The summed E-state index contributed by atoms with van der Waals surface area (Å²) in [5.41, 5.74) is 0.662. The largest absolute Gasteiger partial charge is 0.494 e. The summed E-state index contributed by atoms with van der Waals surface area (Å²) in [7, 11) is -1.70. The molecular formula is C23H29F2N7O4S. The molecule has 2 fully saturated rings. The fraction of sp³-hybridized carbons (Fsp3) is 0.565. The van der Waals surface area contributed by atoms with Crippen LogP contribution in [0.25, 0.3) is 17.0 Å². The van der Waals surface area contributed by atoms with Crippen LogP contribution in [-0.4, -0.2) is 91.4 Å². The first kappa shape index (κ1) is 25.5. The molecule has 2 aliphatic rings. The minimum absolute atomic E-state index is 0.0165. The molecule has 4 heterocycles. The molecule has 11 nitrogen and oxygen atoms in total. The molecule has 14 heteroatoms. The van der Waals surface area contributed by atoms with Crippen molar-refractivity contribution in [1.29, 1.82) is 0 Å². The Hall–Kier alpha value is -3.13. The molecule has 0 unspecified atom stereocenters. The van der Waals surface area contributed by atoms with Gasteiger partial charge in [0.15, 0.2) is 5.82 Å². The second kappa shape index (κ2) is 10.3. The Morgan fingerprint density at radius 1 is 1.05 bits per heavy atom. The van der Waals surface area contributed by atoms with Crippen LogP contribution in [0.1, 0.15) is 25.1 Å². The van der Waals surface area contributed by atoms with Crippen molar-refractivity contribution in [2.45, 2.75) is 19.3 Å². The van der Waals surface area contributed by atoms with Crippen molar-refractivity contribution >= 4 is 32.8 Å². The van der Waals surface area contributed by atoms with E-state index in [1.165, 1.54) is 17.9 Å². The fourth-order valence-electron chi connectivity index (χ4n) is 4.91. The van der Waals surface area contributed by atoms with Gasteiger partial charge in [-0.1, -0.05) is 6.07 Å². The number of anilines is 2. The predicted molar refractivity (Wildman–Crippen MR) is 134 cm³/mol. The number of hydrogen-bond acceptors (Lipinski definition) is 10. The summed E-state index contributed by atoms with van der Waals surface area (Å²) in [6, 6.07) is 5.01. The normalized spacial score (nSPS) is 19.1. The molecule has 0 amide bonds. The number of methoxy groups -OCH3 is 1. The number of piperidine rings is 1. The van der Waals surface area contributed by atoms with Crippen molar-refractivity contribution in [3.63, 3.8) is 0 Å². The van der Waals surface area contributed by atoms with Crippen LogP contribution in [0.15, 0.2) is 18.2 Å². The molecule has 37 heavy (non-hydrogen) atoms. The third-order valence-electron chi connectivity index (χ3n) is 6.52. The number of imidazole rings is 1. The highest BCUT2D eigenvalue weighted by atomic mass is 32.2. The molecule has 0 aliphatic carbocycles. The van der Waals surface area contributed by atoms with Crippen LogP contribution in [-0.2, 0) is 14.6 Å². The van der Waals surface area contributed by atoms with E-state index in [9.17, 15) is 17.2 Å². The molecule has 0 radical (unpaired) electrons. The highest BCUT2D eigenvalue weighted by Gasteiger charge is 2.29. The number of sulfone groups is 1. The maximum atomic E-state index is 14.2. The maximum absolute atomic E-state index is 14.2. The number of aromatic nitrogens is 5. The fourth-order valence-corrected chi connectivity index (χ4v) is 6.04. The molecule has 2 saturated heterocycles. The SMILES string of the molecule is COc1cccc2c1nc(C(F)F)n2-c1nc(N2CCOCC2)nc(N2CCC[C@@H](CS(C)(=O)=O)C2)n1. The summed E-state index contributed by atoms with van der Waals surface area (Å²) in [5, 5.41) is 0. The van der Waals surface area contributed by atoms with Crippen LogP contribution in [0.5, 0.6) is 5.75 Å². The van der Waals surface area contributed by atoms with E-state index in [1.807, 2.05) is 9.80 Å². The first-order valence-corrected chi connectivity index (χ1v) is 14.1. The molecule has 2 aromatic heterocycles.